The minimum Gasteiger partial charge on any atom is -0.416 e. The third-order valence-corrected chi connectivity index (χ3v) is 8.75. The van der Waals surface area contributed by atoms with Gasteiger partial charge in [-0.1, -0.05) is 32.9 Å². The van der Waals surface area contributed by atoms with Crippen molar-refractivity contribution in [2.75, 3.05) is 6.61 Å². The third-order valence-electron chi connectivity index (χ3n) is 4.28. The summed E-state index contributed by atoms with van der Waals surface area (Å²) < 4.78 is 6.20. The Morgan fingerprint density at radius 3 is 2.41 bits per heavy atom. The molecule has 0 bridgehead atoms. The van der Waals surface area contributed by atoms with Crippen molar-refractivity contribution in [1.82, 2.24) is 0 Å². The molecular weight excluding hydrogens is 228 g/mol. The van der Waals surface area contributed by atoms with Crippen LogP contribution >= 0.6 is 0 Å². The van der Waals surface area contributed by atoms with E-state index in [1.54, 1.807) is 0 Å². The summed E-state index contributed by atoms with van der Waals surface area (Å²) in [6, 6.07) is 0. The monoisotopic (exact) mass is 254 g/mol. The summed E-state index contributed by atoms with van der Waals surface area (Å²) in [4.78, 5) is 11.3. The zero-order valence-electron chi connectivity index (χ0n) is 11.9. The lowest BCUT2D eigenvalue weighted by molar-refractivity contribution is -0.118. The van der Waals surface area contributed by atoms with Gasteiger partial charge in [0.25, 0.3) is 0 Å². The minimum atomic E-state index is -1.74. The summed E-state index contributed by atoms with van der Waals surface area (Å²) in [5, 5.41) is 0.210. The van der Waals surface area contributed by atoms with Gasteiger partial charge in [-0.3, -0.25) is 0 Å². The van der Waals surface area contributed by atoms with Crippen LogP contribution in [0.5, 0.6) is 0 Å². The van der Waals surface area contributed by atoms with E-state index in [1.165, 1.54) is 0 Å². The summed E-state index contributed by atoms with van der Waals surface area (Å²) in [6.45, 7) is 11.8. The Morgan fingerprint density at radius 2 is 2.00 bits per heavy atom. The Balaban J connectivity index is 2.65. The molecule has 0 spiro atoms. The van der Waals surface area contributed by atoms with Crippen molar-refractivity contribution in [1.29, 1.82) is 0 Å². The second-order valence-corrected chi connectivity index (χ2v) is 11.6. The Bertz CT molecular complexity index is 302. The molecule has 0 aromatic heterocycles. The fourth-order valence-corrected chi connectivity index (χ4v) is 2.80. The molecular formula is C14H26O2Si. The third kappa shape index (κ3) is 3.52. The van der Waals surface area contributed by atoms with Crippen LogP contribution in [-0.2, 0) is 9.22 Å². The average Bonchev–Trinajstić information content (AvgIpc) is 2.26. The van der Waals surface area contributed by atoms with Gasteiger partial charge in [0.1, 0.15) is 6.29 Å². The van der Waals surface area contributed by atoms with Crippen LogP contribution in [0.15, 0.2) is 12.2 Å². The summed E-state index contributed by atoms with van der Waals surface area (Å²) in [6.07, 6.45) is 8.16. The maximum atomic E-state index is 11.3. The summed E-state index contributed by atoms with van der Waals surface area (Å²) in [5.41, 5.74) is -0.260. The molecule has 0 aliphatic heterocycles. The van der Waals surface area contributed by atoms with Crippen molar-refractivity contribution in [2.45, 2.75) is 58.2 Å². The SMILES string of the molecule is CC(C)(C)[Si](C)(C)OCC1(C=O)CC=CCC1. The predicted molar refractivity (Wildman–Crippen MR) is 74.6 cm³/mol. The van der Waals surface area contributed by atoms with Crippen molar-refractivity contribution in [2.24, 2.45) is 5.41 Å². The van der Waals surface area contributed by atoms with Crippen LogP contribution < -0.4 is 0 Å². The summed E-state index contributed by atoms with van der Waals surface area (Å²) in [7, 11) is -1.74. The molecule has 0 radical (unpaired) electrons. The molecule has 0 saturated carbocycles. The van der Waals surface area contributed by atoms with Crippen molar-refractivity contribution >= 4 is 14.6 Å². The number of aldehydes is 1. The number of rotatable bonds is 4. The number of carbonyl (C=O) groups is 1. The Hall–Kier alpha value is -0.413. The standard InChI is InChI=1S/C14H26O2Si/c1-13(2,3)17(4,5)16-12-14(11-15)9-7-6-8-10-14/h6-7,11H,8-10,12H2,1-5H3. The first-order valence-corrected chi connectivity index (χ1v) is 9.39. The lowest BCUT2D eigenvalue weighted by atomic mass is 9.79. The van der Waals surface area contributed by atoms with Crippen LogP contribution in [-0.4, -0.2) is 21.2 Å². The fourth-order valence-electron chi connectivity index (χ4n) is 1.72. The second-order valence-electron chi connectivity index (χ2n) is 6.74. The smallest absolute Gasteiger partial charge is 0.192 e. The van der Waals surface area contributed by atoms with E-state index in [0.717, 1.165) is 25.5 Å². The van der Waals surface area contributed by atoms with E-state index in [0.29, 0.717) is 6.61 Å². The molecule has 98 valence electrons. The average molecular weight is 254 g/mol. The molecule has 3 heteroatoms. The molecule has 0 aromatic rings. The first-order valence-electron chi connectivity index (χ1n) is 6.48. The second kappa shape index (κ2) is 5.07. The van der Waals surface area contributed by atoms with Crippen LogP contribution in [0.1, 0.15) is 40.0 Å². The van der Waals surface area contributed by atoms with Gasteiger partial charge in [-0.25, -0.2) is 0 Å². The van der Waals surface area contributed by atoms with E-state index in [1.807, 2.05) is 0 Å². The highest BCUT2D eigenvalue weighted by atomic mass is 28.4. The highest BCUT2D eigenvalue weighted by Gasteiger charge is 2.40. The van der Waals surface area contributed by atoms with E-state index in [4.69, 9.17) is 4.43 Å². The van der Waals surface area contributed by atoms with E-state index in [2.05, 4.69) is 46.0 Å². The van der Waals surface area contributed by atoms with Gasteiger partial charge in [-0.05, 0) is 37.4 Å². The van der Waals surface area contributed by atoms with Crippen molar-refractivity contribution in [3.05, 3.63) is 12.2 Å². The van der Waals surface area contributed by atoms with Crippen LogP contribution in [0.4, 0.5) is 0 Å². The molecule has 17 heavy (non-hydrogen) atoms. The normalized spacial score (nSPS) is 25.9. The van der Waals surface area contributed by atoms with Gasteiger partial charge in [-0.2, -0.15) is 0 Å². The molecule has 1 aliphatic carbocycles. The molecule has 0 aromatic carbocycles. The summed E-state index contributed by atoms with van der Waals surface area (Å²) >= 11 is 0. The number of hydrogen-bond donors (Lipinski definition) is 0. The molecule has 2 nitrogen and oxygen atoms in total. The quantitative estimate of drug-likeness (QED) is 0.431. The van der Waals surface area contributed by atoms with Crippen LogP contribution in [0.25, 0.3) is 0 Å². The highest BCUT2D eigenvalue weighted by Crippen LogP contribution is 2.39. The van der Waals surface area contributed by atoms with Gasteiger partial charge in [0.15, 0.2) is 8.32 Å². The molecule has 0 amide bonds. The Morgan fingerprint density at radius 1 is 1.35 bits per heavy atom. The largest absolute Gasteiger partial charge is 0.416 e. The van der Waals surface area contributed by atoms with E-state index >= 15 is 0 Å². The lowest BCUT2D eigenvalue weighted by Gasteiger charge is -2.39. The Labute approximate surface area is 107 Å². The first-order chi connectivity index (χ1) is 7.72. The number of hydrogen-bond acceptors (Lipinski definition) is 2. The molecule has 0 N–H and O–H groups in total. The lowest BCUT2D eigenvalue weighted by Crippen LogP contribution is -2.44. The molecule has 1 unspecified atom stereocenters. The van der Waals surface area contributed by atoms with E-state index < -0.39 is 8.32 Å². The van der Waals surface area contributed by atoms with Gasteiger partial charge < -0.3 is 9.22 Å². The molecule has 0 heterocycles. The minimum absolute atomic E-state index is 0.210. The fraction of sp³-hybridized carbons (Fsp3) is 0.786. The van der Waals surface area contributed by atoms with Crippen LogP contribution in [0, 0.1) is 5.41 Å². The van der Waals surface area contributed by atoms with Crippen LogP contribution in [0.3, 0.4) is 0 Å². The topological polar surface area (TPSA) is 26.3 Å². The van der Waals surface area contributed by atoms with Crippen molar-refractivity contribution in [3.63, 3.8) is 0 Å². The maximum absolute atomic E-state index is 11.3. The predicted octanol–water partition coefficient (Wildman–Crippen LogP) is 3.93. The van der Waals surface area contributed by atoms with E-state index in [9.17, 15) is 4.79 Å². The van der Waals surface area contributed by atoms with Crippen molar-refractivity contribution in [3.8, 4) is 0 Å². The number of allylic oxidation sites excluding steroid dienone is 2. The van der Waals surface area contributed by atoms with Gasteiger partial charge in [-0.15, -0.1) is 0 Å². The first kappa shape index (κ1) is 14.6. The Kier molecular flexibility index (Phi) is 4.36. The maximum Gasteiger partial charge on any atom is 0.192 e. The van der Waals surface area contributed by atoms with Gasteiger partial charge in [0, 0.05) is 6.61 Å². The highest BCUT2D eigenvalue weighted by molar-refractivity contribution is 6.74. The molecule has 1 rings (SSSR count). The summed E-state index contributed by atoms with van der Waals surface area (Å²) in [5.74, 6) is 0. The van der Waals surface area contributed by atoms with Crippen molar-refractivity contribution < 1.29 is 9.22 Å². The van der Waals surface area contributed by atoms with Gasteiger partial charge in [0.2, 0.25) is 0 Å². The van der Waals surface area contributed by atoms with Gasteiger partial charge in [0.05, 0.1) is 5.41 Å². The number of carbonyl (C=O) groups excluding carboxylic acids is 1. The van der Waals surface area contributed by atoms with Crippen LogP contribution in [0.2, 0.25) is 18.1 Å². The molecule has 0 saturated heterocycles. The molecule has 0 fully saturated rings. The zero-order valence-corrected chi connectivity index (χ0v) is 12.9. The molecule has 1 aliphatic rings. The molecule has 1 atom stereocenters. The van der Waals surface area contributed by atoms with Gasteiger partial charge >= 0.3 is 0 Å². The van der Waals surface area contributed by atoms with E-state index in [-0.39, 0.29) is 10.5 Å². The zero-order chi connectivity index (χ0) is 13.2.